The minimum Gasteiger partial charge on any atom is -0.451 e. The first-order chi connectivity index (χ1) is 7.61. The third-order valence-corrected chi connectivity index (χ3v) is 1.15. The van der Waals surface area contributed by atoms with Crippen LogP contribution in [0.5, 0.6) is 0 Å². The van der Waals surface area contributed by atoms with Crippen LogP contribution in [0.4, 0.5) is 0 Å². The van der Waals surface area contributed by atoms with Crippen molar-refractivity contribution in [2.45, 2.75) is 39.4 Å². The van der Waals surface area contributed by atoms with Crippen LogP contribution in [-0.2, 0) is 19.1 Å². The monoisotopic (exact) mass is 229 g/mol. The molecule has 0 spiro atoms. The maximum Gasteiger partial charge on any atom is 0.384 e. The van der Waals surface area contributed by atoms with Crippen molar-refractivity contribution in [3.8, 4) is 11.8 Å². The first-order valence-corrected chi connectivity index (χ1v) is 4.67. The molecule has 1 N–H and O–H groups in total. The first kappa shape index (κ1) is 12.5. The second kappa shape index (κ2) is 6.13. The van der Waals surface area contributed by atoms with Crippen molar-refractivity contribution in [3.63, 3.8) is 0 Å². The summed E-state index contributed by atoms with van der Waals surface area (Å²) in [5.41, 5.74) is -0.667. The van der Waals surface area contributed by atoms with Gasteiger partial charge in [0.15, 0.2) is 6.58 Å². The Hall–Kier alpha value is -1.54. The molecule has 5 heteroatoms. The Morgan fingerprint density at radius 3 is 2.50 bits per heavy atom. The lowest BCUT2D eigenvalue weighted by Crippen LogP contribution is -2.23. The van der Waals surface area contributed by atoms with Gasteiger partial charge in [-0.25, -0.2) is 9.59 Å². The fraction of sp³-hybridized carbons (Fsp3) is 0.636. The number of ether oxygens (including phenoxy) is 2. The number of hydrogen-bond donors (Lipinski definition) is 1. The van der Waals surface area contributed by atoms with Crippen LogP contribution in [0, 0.1) is 11.8 Å². The van der Waals surface area contributed by atoms with E-state index in [0.717, 1.165) is 0 Å². The molecule has 0 bridgehead atoms. The molecule has 0 aliphatic heterocycles. The topological polar surface area (TPSA) is 72.8 Å². The zero-order chi connectivity index (χ0) is 13.6. The van der Waals surface area contributed by atoms with Gasteiger partial charge in [0.05, 0.1) is 1.37 Å². The number of aliphatic hydroxyl groups excluding tert-OH is 1. The molecule has 0 aromatic rings. The van der Waals surface area contributed by atoms with Crippen LogP contribution in [0.1, 0.15) is 29.1 Å². The fourth-order valence-corrected chi connectivity index (χ4v) is 0.578. The van der Waals surface area contributed by atoms with Gasteiger partial charge in [-0.1, -0.05) is 0 Å². The summed E-state index contributed by atoms with van der Waals surface area (Å²) >= 11 is 0. The summed E-state index contributed by atoms with van der Waals surface area (Å²) in [5, 5.41) is 8.80. The smallest absolute Gasteiger partial charge is 0.384 e. The number of carbonyl (C=O) groups is 2. The molecule has 5 nitrogen and oxygen atoms in total. The highest BCUT2D eigenvalue weighted by Gasteiger charge is 2.14. The average molecular weight is 229 g/mol. The zero-order valence-corrected chi connectivity index (χ0v) is 9.73. The highest BCUT2D eigenvalue weighted by atomic mass is 16.6. The van der Waals surface area contributed by atoms with E-state index in [4.69, 9.17) is 11.2 Å². The van der Waals surface area contributed by atoms with Crippen molar-refractivity contribution >= 4 is 11.9 Å². The average Bonchev–Trinajstić information content (AvgIpc) is 2.11. The van der Waals surface area contributed by atoms with Crippen LogP contribution >= 0.6 is 0 Å². The van der Waals surface area contributed by atoms with Crippen LogP contribution in [0.2, 0.25) is 0 Å². The van der Waals surface area contributed by atoms with Crippen LogP contribution in [0.15, 0.2) is 0 Å². The Kier molecular flexibility index (Phi) is 4.80. The predicted octanol–water partition coefficient (Wildman–Crippen LogP) is 0.255. The Balaban J connectivity index is 4.26. The summed E-state index contributed by atoms with van der Waals surface area (Å²) in [6, 6.07) is 0. The van der Waals surface area contributed by atoms with Gasteiger partial charge in [-0.05, 0) is 33.6 Å². The molecule has 0 saturated heterocycles. The van der Waals surface area contributed by atoms with Gasteiger partial charge >= 0.3 is 11.9 Å². The van der Waals surface area contributed by atoms with Crippen molar-refractivity contribution in [1.29, 1.82) is 0 Å². The van der Waals surface area contributed by atoms with Gasteiger partial charge in [0.2, 0.25) is 0 Å². The van der Waals surface area contributed by atoms with E-state index in [2.05, 4.69) is 10.7 Å². The van der Waals surface area contributed by atoms with Gasteiger partial charge in [-0.3, -0.25) is 0 Å². The normalized spacial score (nSPS) is 14.9. The Labute approximate surface area is 96.1 Å². The third kappa shape index (κ3) is 7.83. The van der Waals surface area contributed by atoms with E-state index in [9.17, 15) is 9.59 Å². The number of carbonyl (C=O) groups excluding carboxylic acids is 2. The molecule has 0 aliphatic carbocycles. The van der Waals surface area contributed by atoms with Gasteiger partial charge < -0.3 is 14.6 Å². The molecule has 0 aromatic carbocycles. The molecule has 0 amide bonds. The maximum atomic E-state index is 11.1. The summed E-state index contributed by atoms with van der Waals surface area (Å²) in [5.74, 6) is 2.33. The predicted molar refractivity (Wildman–Crippen MR) is 56.3 cm³/mol. The van der Waals surface area contributed by atoms with E-state index in [1.54, 1.807) is 20.8 Å². The van der Waals surface area contributed by atoms with Crippen LogP contribution in [-0.4, -0.2) is 35.3 Å². The molecular formula is C11H16O5. The number of hydrogen-bond acceptors (Lipinski definition) is 5. The lowest BCUT2D eigenvalue weighted by atomic mass is 10.2. The molecule has 0 heterocycles. The van der Waals surface area contributed by atoms with E-state index in [1.807, 2.05) is 5.92 Å². The summed E-state index contributed by atoms with van der Waals surface area (Å²) in [7, 11) is 0. The van der Waals surface area contributed by atoms with Gasteiger partial charge in [0, 0.05) is 5.92 Å². The van der Waals surface area contributed by atoms with Crippen LogP contribution in [0.3, 0.4) is 0 Å². The van der Waals surface area contributed by atoms with E-state index in [-0.39, 0.29) is 0 Å². The molecular weight excluding hydrogens is 212 g/mol. The van der Waals surface area contributed by atoms with Crippen molar-refractivity contribution in [3.05, 3.63) is 0 Å². The molecule has 0 fully saturated rings. The van der Waals surface area contributed by atoms with E-state index in [1.165, 1.54) is 6.92 Å². The Morgan fingerprint density at radius 2 is 2.06 bits per heavy atom. The van der Waals surface area contributed by atoms with Gasteiger partial charge in [0.1, 0.15) is 11.7 Å². The van der Waals surface area contributed by atoms with Crippen LogP contribution in [0.25, 0.3) is 0 Å². The summed E-state index contributed by atoms with van der Waals surface area (Å²) in [4.78, 5) is 22.0. The molecule has 0 radical (unpaired) electrons. The molecule has 2 atom stereocenters. The zero-order valence-electron chi connectivity index (χ0n) is 10.7. The third-order valence-electron chi connectivity index (χ3n) is 1.15. The Morgan fingerprint density at radius 1 is 1.50 bits per heavy atom. The number of aliphatic hydroxyl groups is 1. The van der Waals surface area contributed by atoms with E-state index in [0.29, 0.717) is 0 Å². The summed E-state index contributed by atoms with van der Waals surface area (Å²) in [6.07, 6.45) is -1.33. The molecule has 0 rings (SSSR count). The summed E-state index contributed by atoms with van der Waals surface area (Å²) in [6.45, 7) is 4.72. The maximum absolute atomic E-state index is 11.1. The molecule has 0 saturated carbocycles. The van der Waals surface area contributed by atoms with Crippen molar-refractivity contribution in [1.82, 2.24) is 0 Å². The quantitative estimate of drug-likeness (QED) is 0.417. The molecule has 2 unspecified atom stereocenters. The molecule has 0 aliphatic rings. The van der Waals surface area contributed by atoms with Gasteiger partial charge in [0.25, 0.3) is 0 Å². The molecule has 16 heavy (non-hydrogen) atoms. The number of esters is 2. The minimum absolute atomic E-state index is 0.667. The lowest BCUT2D eigenvalue weighted by Gasteiger charge is -2.16. The highest BCUT2D eigenvalue weighted by molar-refractivity contribution is 5.88. The lowest BCUT2D eigenvalue weighted by molar-refractivity contribution is -0.151. The molecule has 90 valence electrons. The van der Waals surface area contributed by atoms with Crippen molar-refractivity contribution < 1.29 is 25.5 Å². The second-order valence-corrected chi connectivity index (χ2v) is 4.00. The standard InChI is InChI=1S/C11H16O5/c1-8(12)10(14)15-7-5-6-9(13)16-11(2,3)4/h8,12H,7H2,1-4H3/i7D. The highest BCUT2D eigenvalue weighted by Crippen LogP contribution is 2.05. The van der Waals surface area contributed by atoms with Gasteiger partial charge in [-0.15, -0.1) is 0 Å². The first-order valence-electron chi connectivity index (χ1n) is 5.25. The largest absolute Gasteiger partial charge is 0.451 e. The number of rotatable bonds is 2. The SMILES string of the molecule is [2H]C(C#CC(=O)OC(C)(C)C)OC(=O)C(C)O. The van der Waals surface area contributed by atoms with E-state index < -0.39 is 30.2 Å². The Bertz CT molecular complexity index is 345. The van der Waals surface area contributed by atoms with Crippen molar-refractivity contribution in [2.24, 2.45) is 0 Å². The fourth-order valence-electron chi connectivity index (χ4n) is 0.578. The van der Waals surface area contributed by atoms with Gasteiger partial charge in [-0.2, -0.15) is 0 Å². The molecule has 0 aromatic heterocycles. The second-order valence-electron chi connectivity index (χ2n) is 4.00. The van der Waals surface area contributed by atoms with Crippen molar-refractivity contribution in [2.75, 3.05) is 6.58 Å². The summed E-state index contributed by atoms with van der Waals surface area (Å²) < 4.78 is 16.4. The van der Waals surface area contributed by atoms with Crippen LogP contribution < -0.4 is 0 Å². The van der Waals surface area contributed by atoms with E-state index >= 15 is 0 Å². The minimum atomic E-state index is -1.52.